The molecule has 5 heteroatoms. The molecule has 2 heterocycles. The van der Waals surface area contributed by atoms with Crippen LogP contribution in [0.3, 0.4) is 0 Å². The first-order chi connectivity index (χ1) is 9.77. The van der Waals surface area contributed by atoms with Crippen LogP contribution in [0.4, 0.5) is 0 Å². The van der Waals surface area contributed by atoms with Gasteiger partial charge >= 0.3 is 0 Å². The second-order valence-electron chi connectivity index (χ2n) is 5.76. The lowest BCUT2D eigenvalue weighted by atomic mass is 9.79. The minimum absolute atomic E-state index is 0.0277. The van der Waals surface area contributed by atoms with Crippen LogP contribution in [0.2, 0.25) is 0 Å². The molecule has 1 aromatic rings. The summed E-state index contributed by atoms with van der Waals surface area (Å²) in [5.41, 5.74) is 0.347. The van der Waals surface area contributed by atoms with E-state index in [2.05, 4.69) is 5.16 Å². The SMILES string of the molecule is O=C1CCCCC1C1CCCCN1C(=O)c1ccon1. The predicted octanol–water partition coefficient (Wildman–Crippen LogP) is 2.43. The third-order valence-electron chi connectivity index (χ3n) is 4.53. The van der Waals surface area contributed by atoms with Crippen LogP contribution in [0.15, 0.2) is 16.9 Å². The number of hydrogen-bond donors (Lipinski definition) is 0. The molecule has 5 nitrogen and oxygen atoms in total. The van der Waals surface area contributed by atoms with Crippen molar-refractivity contribution in [1.29, 1.82) is 0 Å². The number of rotatable bonds is 2. The predicted molar refractivity (Wildman–Crippen MR) is 72.1 cm³/mol. The fourth-order valence-corrected chi connectivity index (χ4v) is 3.51. The highest BCUT2D eigenvalue weighted by Crippen LogP contribution is 2.32. The quantitative estimate of drug-likeness (QED) is 0.832. The maximum absolute atomic E-state index is 12.5. The Labute approximate surface area is 118 Å². The van der Waals surface area contributed by atoms with E-state index >= 15 is 0 Å². The molecule has 0 N–H and O–H groups in total. The molecular formula is C15H20N2O3. The molecule has 1 aliphatic heterocycles. The van der Waals surface area contributed by atoms with E-state index in [0.29, 0.717) is 17.9 Å². The third-order valence-corrected chi connectivity index (χ3v) is 4.53. The molecule has 0 bridgehead atoms. The molecule has 0 radical (unpaired) electrons. The average Bonchev–Trinajstić information content (AvgIpc) is 3.01. The van der Waals surface area contributed by atoms with Gasteiger partial charge in [-0.05, 0) is 32.1 Å². The Bertz CT molecular complexity index is 483. The minimum Gasteiger partial charge on any atom is -0.364 e. The van der Waals surface area contributed by atoms with Gasteiger partial charge in [0.2, 0.25) is 0 Å². The van der Waals surface area contributed by atoms with Crippen molar-refractivity contribution in [2.75, 3.05) is 6.54 Å². The van der Waals surface area contributed by atoms with Crippen LogP contribution >= 0.6 is 0 Å². The fourth-order valence-electron chi connectivity index (χ4n) is 3.51. The largest absolute Gasteiger partial charge is 0.364 e. The molecule has 1 amide bonds. The number of nitrogens with zero attached hydrogens (tertiary/aromatic N) is 2. The summed E-state index contributed by atoms with van der Waals surface area (Å²) in [6.07, 6.45) is 8.13. The number of ketones is 1. The van der Waals surface area contributed by atoms with Gasteiger partial charge in [-0.2, -0.15) is 0 Å². The molecule has 20 heavy (non-hydrogen) atoms. The van der Waals surface area contributed by atoms with Crippen molar-refractivity contribution in [2.45, 2.75) is 51.0 Å². The van der Waals surface area contributed by atoms with Crippen molar-refractivity contribution in [2.24, 2.45) is 5.92 Å². The first-order valence-corrected chi connectivity index (χ1v) is 7.51. The van der Waals surface area contributed by atoms with Crippen LogP contribution in [0.5, 0.6) is 0 Å². The summed E-state index contributed by atoms with van der Waals surface area (Å²) >= 11 is 0. The van der Waals surface area contributed by atoms with E-state index in [9.17, 15) is 9.59 Å². The summed E-state index contributed by atoms with van der Waals surface area (Å²) in [5, 5.41) is 3.74. The van der Waals surface area contributed by atoms with E-state index in [0.717, 1.165) is 45.1 Å². The maximum Gasteiger partial charge on any atom is 0.276 e. The molecule has 0 aromatic carbocycles. The molecule has 0 spiro atoms. The Kier molecular flexibility index (Phi) is 3.85. The van der Waals surface area contributed by atoms with E-state index in [1.807, 2.05) is 4.90 Å². The number of aromatic nitrogens is 1. The van der Waals surface area contributed by atoms with Crippen molar-refractivity contribution in [3.05, 3.63) is 18.0 Å². The van der Waals surface area contributed by atoms with Crippen molar-refractivity contribution in [1.82, 2.24) is 10.1 Å². The summed E-state index contributed by atoms with van der Waals surface area (Å²) < 4.78 is 4.76. The van der Waals surface area contributed by atoms with Gasteiger partial charge in [-0.3, -0.25) is 9.59 Å². The van der Waals surface area contributed by atoms with Gasteiger partial charge in [0.05, 0.1) is 0 Å². The van der Waals surface area contributed by atoms with Crippen molar-refractivity contribution < 1.29 is 14.1 Å². The Balaban J connectivity index is 1.80. The van der Waals surface area contributed by atoms with E-state index in [4.69, 9.17) is 4.52 Å². The first kappa shape index (κ1) is 13.3. The van der Waals surface area contributed by atoms with E-state index in [1.54, 1.807) is 6.07 Å². The van der Waals surface area contributed by atoms with Crippen LogP contribution in [0.25, 0.3) is 0 Å². The number of piperidine rings is 1. The highest BCUT2D eigenvalue weighted by molar-refractivity contribution is 5.93. The van der Waals surface area contributed by atoms with Gasteiger partial charge < -0.3 is 9.42 Å². The van der Waals surface area contributed by atoms with Crippen LogP contribution in [-0.4, -0.2) is 34.3 Å². The Hall–Kier alpha value is -1.65. The number of hydrogen-bond acceptors (Lipinski definition) is 4. The van der Waals surface area contributed by atoms with E-state index < -0.39 is 0 Å². The Morgan fingerprint density at radius 3 is 2.85 bits per heavy atom. The lowest BCUT2D eigenvalue weighted by Gasteiger charge is -2.40. The summed E-state index contributed by atoms with van der Waals surface area (Å²) in [6.45, 7) is 0.722. The van der Waals surface area contributed by atoms with Gasteiger partial charge in [-0.1, -0.05) is 11.6 Å². The standard InChI is InChI=1S/C15H20N2O3/c18-14-7-2-1-5-11(14)13-6-3-4-9-17(13)15(19)12-8-10-20-16-12/h8,10-11,13H,1-7,9H2. The maximum atomic E-state index is 12.5. The lowest BCUT2D eigenvalue weighted by molar-refractivity contribution is -0.127. The number of Topliss-reactive ketones (excluding diaryl/α,β-unsaturated/α-hetero) is 1. The zero-order valence-electron chi connectivity index (χ0n) is 11.6. The number of carbonyl (C=O) groups is 2. The van der Waals surface area contributed by atoms with Crippen LogP contribution < -0.4 is 0 Å². The zero-order valence-corrected chi connectivity index (χ0v) is 11.6. The van der Waals surface area contributed by atoms with E-state index in [1.165, 1.54) is 6.26 Å². The molecule has 2 aliphatic rings. The number of carbonyl (C=O) groups excluding carboxylic acids is 2. The monoisotopic (exact) mass is 276 g/mol. The second kappa shape index (κ2) is 5.77. The van der Waals surface area contributed by atoms with Gasteiger partial charge in [-0.15, -0.1) is 0 Å². The molecular weight excluding hydrogens is 256 g/mol. The van der Waals surface area contributed by atoms with Gasteiger partial charge in [0.25, 0.3) is 5.91 Å². The van der Waals surface area contributed by atoms with Crippen LogP contribution in [0.1, 0.15) is 55.4 Å². The molecule has 2 atom stereocenters. The van der Waals surface area contributed by atoms with Crippen LogP contribution in [0, 0.1) is 5.92 Å². The third kappa shape index (κ3) is 2.49. The molecule has 2 unspecified atom stereocenters. The zero-order chi connectivity index (χ0) is 13.9. The van der Waals surface area contributed by atoms with Crippen LogP contribution in [-0.2, 0) is 4.79 Å². The molecule has 2 fully saturated rings. The van der Waals surface area contributed by atoms with Crippen molar-refractivity contribution in [3.63, 3.8) is 0 Å². The number of amides is 1. The lowest BCUT2D eigenvalue weighted by Crippen LogP contribution is -2.50. The molecule has 1 saturated carbocycles. The number of likely N-dealkylation sites (tertiary alicyclic amines) is 1. The van der Waals surface area contributed by atoms with Crippen molar-refractivity contribution in [3.8, 4) is 0 Å². The summed E-state index contributed by atoms with van der Waals surface area (Å²) in [5.74, 6) is 0.267. The first-order valence-electron chi connectivity index (χ1n) is 7.51. The second-order valence-corrected chi connectivity index (χ2v) is 5.76. The Morgan fingerprint density at radius 1 is 1.25 bits per heavy atom. The van der Waals surface area contributed by atoms with Gasteiger partial charge in [0.1, 0.15) is 12.0 Å². The highest BCUT2D eigenvalue weighted by Gasteiger charge is 2.38. The highest BCUT2D eigenvalue weighted by atomic mass is 16.5. The summed E-state index contributed by atoms with van der Waals surface area (Å²) in [6, 6.07) is 1.65. The summed E-state index contributed by atoms with van der Waals surface area (Å²) in [7, 11) is 0. The molecule has 1 aliphatic carbocycles. The Morgan fingerprint density at radius 2 is 2.10 bits per heavy atom. The smallest absolute Gasteiger partial charge is 0.276 e. The van der Waals surface area contributed by atoms with Gasteiger partial charge in [0, 0.05) is 31.0 Å². The molecule has 3 rings (SSSR count). The van der Waals surface area contributed by atoms with Gasteiger partial charge in [0.15, 0.2) is 5.69 Å². The molecule has 108 valence electrons. The van der Waals surface area contributed by atoms with E-state index in [-0.39, 0.29) is 17.9 Å². The summed E-state index contributed by atoms with van der Waals surface area (Å²) in [4.78, 5) is 26.5. The van der Waals surface area contributed by atoms with Gasteiger partial charge in [-0.25, -0.2) is 0 Å². The topological polar surface area (TPSA) is 63.4 Å². The minimum atomic E-state index is -0.0955. The normalized spacial score (nSPS) is 27.6. The molecule has 1 saturated heterocycles. The average molecular weight is 276 g/mol. The fraction of sp³-hybridized carbons (Fsp3) is 0.667. The molecule has 1 aromatic heterocycles. The van der Waals surface area contributed by atoms with Crippen molar-refractivity contribution >= 4 is 11.7 Å².